The summed E-state index contributed by atoms with van der Waals surface area (Å²) in [6, 6.07) is 18.9. The Balaban J connectivity index is 1.54. The van der Waals surface area contributed by atoms with Gasteiger partial charge in [0.1, 0.15) is 17.6 Å². The smallest absolute Gasteiger partial charge is 0.170 e. The van der Waals surface area contributed by atoms with E-state index in [-0.39, 0.29) is 12.1 Å². The van der Waals surface area contributed by atoms with Crippen molar-refractivity contribution in [3.05, 3.63) is 106 Å². The zero-order valence-electron chi connectivity index (χ0n) is 16.8. The van der Waals surface area contributed by atoms with Gasteiger partial charge in [-0.15, -0.1) is 0 Å². The third-order valence-electron chi connectivity index (χ3n) is 5.42. The van der Waals surface area contributed by atoms with Crippen molar-refractivity contribution in [2.24, 2.45) is 0 Å². The number of rotatable bonds is 5. The standard InChI is InChI=1S/C24H18Cl2N4OS/c25-17-5-4-16(13-18(17)26)20-6-7-21(31-20)23-22(19-3-1-2-10-28-19)29-24(32)30(23)14-15-8-11-27-12-9-15/h1-13,22-23H,14H2,(H,29,32)/t22-,23+/m1/s1. The Kier molecular flexibility index (Phi) is 5.83. The van der Waals surface area contributed by atoms with Crippen molar-refractivity contribution in [1.29, 1.82) is 0 Å². The topological polar surface area (TPSA) is 54.2 Å². The summed E-state index contributed by atoms with van der Waals surface area (Å²) in [5.41, 5.74) is 2.85. The SMILES string of the molecule is S=C1N[C@H](c2ccccn2)[C@H](c2ccc(-c3ccc(Cl)c(Cl)c3)o2)N1Cc1ccncc1. The van der Waals surface area contributed by atoms with Gasteiger partial charge in [0.05, 0.1) is 21.8 Å². The first kappa shape index (κ1) is 20.9. The maximum absolute atomic E-state index is 6.33. The number of benzene rings is 1. The second-order valence-electron chi connectivity index (χ2n) is 7.44. The maximum atomic E-state index is 6.33. The van der Waals surface area contributed by atoms with E-state index < -0.39 is 0 Å². The van der Waals surface area contributed by atoms with Crippen LogP contribution in [0.5, 0.6) is 0 Å². The molecule has 0 unspecified atom stereocenters. The fourth-order valence-electron chi connectivity index (χ4n) is 3.89. The van der Waals surface area contributed by atoms with Crippen LogP contribution in [0.4, 0.5) is 0 Å². The van der Waals surface area contributed by atoms with Gasteiger partial charge in [-0.1, -0.05) is 29.3 Å². The minimum atomic E-state index is -0.179. The van der Waals surface area contributed by atoms with E-state index in [4.69, 9.17) is 39.8 Å². The number of hydrogen-bond donors (Lipinski definition) is 1. The molecule has 0 aliphatic carbocycles. The number of aromatic nitrogens is 2. The van der Waals surface area contributed by atoms with Crippen molar-refractivity contribution in [1.82, 2.24) is 20.2 Å². The van der Waals surface area contributed by atoms with Crippen LogP contribution in [0, 0.1) is 0 Å². The molecule has 3 aromatic heterocycles. The zero-order chi connectivity index (χ0) is 22.1. The Morgan fingerprint density at radius 1 is 0.969 bits per heavy atom. The first-order valence-electron chi connectivity index (χ1n) is 10.0. The molecule has 1 aliphatic rings. The van der Waals surface area contributed by atoms with Crippen LogP contribution < -0.4 is 5.32 Å². The fraction of sp³-hybridized carbons (Fsp3) is 0.125. The van der Waals surface area contributed by atoms with Gasteiger partial charge in [-0.05, 0) is 72.4 Å². The van der Waals surface area contributed by atoms with Crippen LogP contribution in [0.2, 0.25) is 10.0 Å². The Morgan fingerprint density at radius 3 is 2.56 bits per heavy atom. The molecule has 0 radical (unpaired) electrons. The number of furan rings is 1. The lowest BCUT2D eigenvalue weighted by atomic mass is 10.0. The molecule has 4 aromatic rings. The van der Waals surface area contributed by atoms with Gasteiger partial charge in [0.25, 0.3) is 0 Å². The number of hydrogen-bond acceptors (Lipinski definition) is 4. The van der Waals surface area contributed by atoms with Crippen molar-refractivity contribution in [2.75, 3.05) is 0 Å². The van der Waals surface area contributed by atoms with E-state index >= 15 is 0 Å². The molecule has 1 aliphatic heterocycles. The van der Waals surface area contributed by atoms with Crippen molar-refractivity contribution < 1.29 is 4.42 Å². The van der Waals surface area contributed by atoms with Crippen molar-refractivity contribution in [3.63, 3.8) is 0 Å². The second-order valence-corrected chi connectivity index (χ2v) is 8.64. The van der Waals surface area contributed by atoms with Gasteiger partial charge in [-0.25, -0.2) is 0 Å². The number of nitrogens with one attached hydrogen (secondary N) is 1. The van der Waals surface area contributed by atoms with Crippen LogP contribution in [0.3, 0.4) is 0 Å². The molecule has 0 saturated carbocycles. The molecule has 0 spiro atoms. The van der Waals surface area contributed by atoms with Gasteiger partial charge in [0.15, 0.2) is 5.11 Å². The summed E-state index contributed by atoms with van der Waals surface area (Å²) < 4.78 is 6.33. The van der Waals surface area contributed by atoms with Crippen LogP contribution in [0.25, 0.3) is 11.3 Å². The first-order valence-corrected chi connectivity index (χ1v) is 11.2. The molecule has 1 saturated heterocycles. The van der Waals surface area contributed by atoms with E-state index in [1.54, 1.807) is 30.7 Å². The molecule has 2 atom stereocenters. The summed E-state index contributed by atoms with van der Waals surface area (Å²) in [4.78, 5) is 10.8. The van der Waals surface area contributed by atoms with Gasteiger partial charge in [-0.3, -0.25) is 9.97 Å². The number of thiocarbonyl (C=S) groups is 1. The Bertz CT molecular complexity index is 1250. The van der Waals surface area contributed by atoms with E-state index in [0.29, 0.717) is 27.5 Å². The highest BCUT2D eigenvalue weighted by Crippen LogP contribution is 2.41. The molecule has 0 bridgehead atoms. The molecule has 1 fully saturated rings. The number of halogens is 2. The minimum Gasteiger partial charge on any atom is -0.459 e. The largest absolute Gasteiger partial charge is 0.459 e. The average molecular weight is 481 g/mol. The van der Waals surface area contributed by atoms with Crippen molar-refractivity contribution in [3.8, 4) is 11.3 Å². The second kappa shape index (κ2) is 8.90. The first-order chi connectivity index (χ1) is 15.6. The number of nitrogens with zero attached hydrogens (tertiary/aromatic N) is 3. The molecule has 5 nitrogen and oxygen atoms in total. The quantitative estimate of drug-likeness (QED) is 0.342. The zero-order valence-corrected chi connectivity index (χ0v) is 19.1. The summed E-state index contributed by atoms with van der Waals surface area (Å²) in [6.45, 7) is 0.616. The van der Waals surface area contributed by atoms with Gasteiger partial charge >= 0.3 is 0 Å². The highest BCUT2D eigenvalue weighted by Gasteiger charge is 2.41. The maximum Gasteiger partial charge on any atom is 0.170 e. The van der Waals surface area contributed by atoms with Gasteiger partial charge in [-0.2, -0.15) is 0 Å². The lowest BCUT2D eigenvalue weighted by Gasteiger charge is -2.26. The molecular weight excluding hydrogens is 463 g/mol. The summed E-state index contributed by atoms with van der Waals surface area (Å²) in [5.74, 6) is 1.49. The minimum absolute atomic E-state index is 0.154. The monoisotopic (exact) mass is 480 g/mol. The molecule has 32 heavy (non-hydrogen) atoms. The fourth-order valence-corrected chi connectivity index (χ4v) is 4.49. The molecule has 1 N–H and O–H groups in total. The predicted octanol–water partition coefficient (Wildman–Crippen LogP) is 6.22. The van der Waals surface area contributed by atoms with Crippen LogP contribution in [0.15, 0.2) is 83.7 Å². The molecule has 4 heterocycles. The molecule has 0 amide bonds. The summed E-state index contributed by atoms with van der Waals surface area (Å²) in [6.07, 6.45) is 5.34. The van der Waals surface area contributed by atoms with Crippen LogP contribution in [-0.4, -0.2) is 20.0 Å². The summed E-state index contributed by atoms with van der Waals surface area (Å²) in [5, 5.41) is 5.07. The molecule has 8 heteroatoms. The van der Waals surface area contributed by atoms with Gasteiger partial charge < -0.3 is 14.6 Å². The Labute approximate surface area is 201 Å². The molecule has 160 valence electrons. The summed E-state index contributed by atoms with van der Waals surface area (Å²) >= 11 is 18.0. The molecular formula is C24H18Cl2N4OS. The lowest BCUT2D eigenvalue weighted by Crippen LogP contribution is -2.29. The van der Waals surface area contributed by atoms with Crippen molar-refractivity contribution >= 4 is 40.5 Å². The Morgan fingerprint density at radius 2 is 1.81 bits per heavy atom. The third kappa shape index (κ3) is 4.09. The van der Waals surface area contributed by atoms with E-state index in [1.165, 1.54) is 0 Å². The Hall–Kier alpha value is -2.93. The average Bonchev–Trinajstić information content (AvgIpc) is 3.42. The van der Waals surface area contributed by atoms with Crippen LogP contribution in [-0.2, 0) is 6.54 Å². The van der Waals surface area contributed by atoms with Crippen LogP contribution >= 0.6 is 35.4 Å². The van der Waals surface area contributed by atoms with Crippen molar-refractivity contribution in [2.45, 2.75) is 18.6 Å². The van der Waals surface area contributed by atoms with E-state index in [9.17, 15) is 0 Å². The normalized spacial score (nSPS) is 18.1. The van der Waals surface area contributed by atoms with E-state index in [0.717, 1.165) is 22.6 Å². The lowest BCUT2D eigenvalue weighted by molar-refractivity contribution is 0.269. The van der Waals surface area contributed by atoms with E-state index in [1.807, 2.05) is 48.5 Å². The molecule has 1 aromatic carbocycles. The van der Waals surface area contributed by atoms with Gasteiger partial charge in [0, 0.05) is 30.7 Å². The predicted molar refractivity (Wildman–Crippen MR) is 129 cm³/mol. The summed E-state index contributed by atoms with van der Waals surface area (Å²) in [7, 11) is 0. The molecule has 5 rings (SSSR count). The third-order valence-corrected chi connectivity index (χ3v) is 6.51. The number of pyridine rings is 2. The highest BCUT2D eigenvalue weighted by atomic mass is 35.5. The van der Waals surface area contributed by atoms with Gasteiger partial charge in [0.2, 0.25) is 0 Å². The highest BCUT2D eigenvalue weighted by molar-refractivity contribution is 7.80. The van der Waals surface area contributed by atoms with E-state index in [2.05, 4.69) is 20.2 Å². The van der Waals surface area contributed by atoms with Crippen LogP contribution in [0.1, 0.15) is 29.1 Å².